The zero-order valence-electron chi connectivity index (χ0n) is 17.0. The van der Waals surface area contributed by atoms with Crippen LogP contribution in [0, 0.1) is 5.41 Å². The van der Waals surface area contributed by atoms with Crippen LogP contribution in [0.4, 0.5) is 13.2 Å². The Morgan fingerprint density at radius 1 is 1.00 bits per heavy atom. The summed E-state index contributed by atoms with van der Waals surface area (Å²) in [6, 6.07) is 6.22. The van der Waals surface area contributed by atoms with Crippen molar-refractivity contribution in [3.05, 3.63) is 42.4 Å². The Bertz CT molecular complexity index is 732. The van der Waals surface area contributed by atoms with Crippen LogP contribution in [0.2, 0.25) is 0 Å². The topological polar surface area (TPSA) is 29.9 Å². The highest BCUT2D eigenvalue weighted by molar-refractivity contribution is 5.58. The molecule has 0 radical (unpaired) electrons. The molecule has 2 rings (SSSR count). The molecule has 27 heavy (non-hydrogen) atoms. The summed E-state index contributed by atoms with van der Waals surface area (Å²) in [5.74, 6) is 0. The molecule has 1 N–H and O–H groups in total. The number of aromatic nitrogens is 2. The summed E-state index contributed by atoms with van der Waals surface area (Å²) >= 11 is 0. The Balaban J connectivity index is 2.20. The van der Waals surface area contributed by atoms with Crippen molar-refractivity contribution < 1.29 is 13.2 Å². The van der Waals surface area contributed by atoms with E-state index in [1.807, 2.05) is 45.0 Å². The first kappa shape index (κ1) is 21.5. The zero-order chi connectivity index (χ0) is 20.5. The number of nitrogens with zero attached hydrogens (tertiary/aromatic N) is 2. The summed E-state index contributed by atoms with van der Waals surface area (Å²) in [6.07, 6.45) is -0.675. The molecule has 0 saturated heterocycles. The van der Waals surface area contributed by atoms with Gasteiger partial charge in [0.15, 0.2) is 0 Å². The molecule has 1 heterocycles. The minimum atomic E-state index is -4.35. The van der Waals surface area contributed by atoms with E-state index in [4.69, 9.17) is 0 Å². The van der Waals surface area contributed by atoms with Gasteiger partial charge in [-0.1, -0.05) is 45.0 Å². The highest BCUT2D eigenvalue weighted by Gasteiger charge is 2.41. The van der Waals surface area contributed by atoms with Crippen molar-refractivity contribution in [2.75, 3.05) is 6.54 Å². The van der Waals surface area contributed by atoms with E-state index in [9.17, 15) is 13.2 Å². The first-order valence-electron chi connectivity index (χ1n) is 9.19. The standard InChI is InChI=1S/C21H30F3N3/c1-19(2,3)11-15-7-9-16(10-8-15)17-13-27(14-25-17)18(21(22,23)24)12-26-20(4,5)6/h7-10,13-14,18,26H,11-12H2,1-6H3/t18-/m1/s1. The predicted molar refractivity (Wildman–Crippen MR) is 104 cm³/mol. The quantitative estimate of drug-likeness (QED) is 0.727. The molecule has 1 atom stereocenters. The van der Waals surface area contributed by atoms with Gasteiger partial charge in [0.25, 0.3) is 0 Å². The molecule has 0 aliphatic rings. The van der Waals surface area contributed by atoms with E-state index in [0.29, 0.717) is 5.69 Å². The summed E-state index contributed by atoms with van der Waals surface area (Å²) in [5, 5.41) is 2.94. The van der Waals surface area contributed by atoms with Crippen molar-refractivity contribution in [1.29, 1.82) is 0 Å². The van der Waals surface area contributed by atoms with Gasteiger partial charge in [0.2, 0.25) is 0 Å². The van der Waals surface area contributed by atoms with Gasteiger partial charge >= 0.3 is 6.18 Å². The highest BCUT2D eigenvalue weighted by Crippen LogP contribution is 2.32. The fraction of sp³-hybridized carbons (Fsp3) is 0.571. The average Bonchev–Trinajstić information content (AvgIpc) is 2.93. The van der Waals surface area contributed by atoms with Gasteiger partial charge in [-0.2, -0.15) is 13.2 Å². The fourth-order valence-electron chi connectivity index (χ4n) is 2.86. The lowest BCUT2D eigenvalue weighted by atomic mass is 9.88. The van der Waals surface area contributed by atoms with Crippen molar-refractivity contribution >= 4 is 0 Å². The molecule has 1 aromatic carbocycles. The molecule has 0 bridgehead atoms. The van der Waals surface area contributed by atoms with Crippen LogP contribution in [0.3, 0.4) is 0 Å². The highest BCUT2D eigenvalue weighted by atomic mass is 19.4. The Kier molecular flexibility index (Phi) is 6.10. The smallest absolute Gasteiger partial charge is 0.323 e. The van der Waals surface area contributed by atoms with Crippen LogP contribution in [0.15, 0.2) is 36.8 Å². The van der Waals surface area contributed by atoms with E-state index in [2.05, 4.69) is 31.1 Å². The van der Waals surface area contributed by atoms with Crippen molar-refractivity contribution in [2.45, 2.75) is 65.7 Å². The maximum atomic E-state index is 13.5. The molecular formula is C21H30F3N3. The van der Waals surface area contributed by atoms with Gasteiger partial charge in [0.1, 0.15) is 6.04 Å². The largest absolute Gasteiger partial charge is 0.410 e. The monoisotopic (exact) mass is 381 g/mol. The Morgan fingerprint density at radius 2 is 1.59 bits per heavy atom. The second kappa shape index (κ2) is 7.66. The van der Waals surface area contributed by atoms with Gasteiger partial charge in [-0.15, -0.1) is 0 Å². The maximum Gasteiger partial charge on any atom is 0.410 e. The van der Waals surface area contributed by atoms with Crippen LogP contribution in [0.25, 0.3) is 11.3 Å². The van der Waals surface area contributed by atoms with E-state index in [0.717, 1.165) is 16.6 Å². The van der Waals surface area contributed by atoms with Gasteiger partial charge in [-0.05, 0) is 38.2 Å². The van der Waals surface area contributed by atoms with E-state index in [1.165, 1.54) is 18.1 Å². The first-order valence-corrected chi connectivity index (χ1v) is 9.19. The Hall–Kier alpha value is -1.82. The minimum absolute atomic E-state index is 0.184. The van der Waals surface area contributed by atoms with Gasteiger partial charge in [-0.3, -0.25) is 0 Å². The number of nitrogens with one attached hydrogen (secondary N) is 1. The maximum absolute atomic E-state index is 13.5. The summed E-state index contributed by atoms with van der Waals surface area (Å²) in [7, 11) is 0. The van der Waals surface area contributed by atoms with Crippen LogP contribution in [-0.4, -0.2) is 27.8 Å². The molecular weight excluding hydrogens is 351 g/mol. The van der Waals surface area contributed by atoms with E-state index in [1.54, 1.807) is 0 Å². The van der Waals surface area contributed by atoms with E-state index in [-0.39, 0.29) is 12.0 Å². The van der Waals surface area contributed by atoms with E-state index >= 15 is 0 Å². The normalized spacial score (nSPS) is 14.4. The van der Waals surface area contributed by atoms with Crippen LogP contribution < -0.4 is 5.32 Å². The van der Waals surface area contributed by atoms with Gasteiger partial charge in [-0.25, -0.2) is 4.98 Å². The van der Waals surface area contributed by atoms with Crippen LogP contribution in [0.1, 0.15) is 53.1 Å². The second-order valence-corrected chi connectivity index (χ2v) is 9.33. The Morgan fingerprint density at radius 3 is 2.07 bits per heavy atom. The lowest BCUT2D eigenvalue weighted by molar-refractivity contribution is -0.167. The SMILES string of the molecule is CC(C)(C)Cc1ccc(-c2cn([C@H](CNC(C)(C)C)C(F)(F)F)cn2)cc1. The third-order valence-corrected chi connectivity index (χ3v) is 4.15. The molecule has 150 valence electrons. The predicted octanol–water partition coefficient (Wildman–Crippen LogP) is 5.63. The average molecular weight is 381 g/mol. The number of hydrogen-bond acceptors (Lipinski definition) is 2. The summed E-state index contributed by atoms with van der Waals surface area (Å²) in [4.78, 5) is 4.20. The number of rotatable bonds is 5. The van der Waals surface area contributed by atoms with Crippen molar-refractivity contribution in [1.82, 2.24) is 14.9 Å². The van der Waals surface area contributed by atoms with Crippen molar-refractivity contribution in [3.8, 4) is 11.3 Å². The molecule has 2 aromatic rings. The molecule has 0 aliphatic heterocycles. The molecule has 6 heteroatoms. The third-order valence-electron chi connectivity index (χ3n) is 4.15. The van der Waals surface area contributed by atoms with Gasteiger partial charge in [0, 0.05) is 23.8 Å². The summed E-state index contributed by atoms with van der Waals surface area (Å²) < 4.78 is 41.7. The molecule has 0 unspecified atom stereocenters. The first-order chi connectivity index (χ1) is 12.2. The number of imidazole rings is 1. The minimum Gasteiger partial charge on any atom is -0.323 e. The lowest BCUT2D eigenvalue weighted by Crippen LogP contribution is -2.43. The van der Waals surface area contributed by atoms with Crippen molar-refractivity contribution in [3.63, 3.8) is 0 Å². The number of benzene rings is 1. The second-order valence-electron chi connectivity index (χ2n) is 9.33. The van der Waals surface area contributed by atoms with Gasteiger partial charge < -0.3 is 9.88 Å². The van der Waals surface area contributed by atoms with E-state index < -0.39 is 17.8 Å². The Labute approximate surface area is 160 Å². The number of hydrogen-bond donors (Lipinski definition) is 1. The van der Waals surface area contributed by atoms with Crippen LogP contribution >= 0.6 is 0 Å². The van der Waals surface area contributed by atoms with Crippen molar-refractivity contribution in [2.24, 2.45) is 5.41 Å². The van der Waals surface area contributed by atoms with Crippen LogP contribution in [0.5, 0.6) is 0 Å². The molecule has 1 aromatic heterocycles. The third kappa shape index (κ3) is 6.69. The molecule has 3 nitrogen and oxygen atoms in total. The molecule has 0 fully saturated rings. The summed E-state index contributed by atoms with van der Waals surface area (Å²) in [5.41, 5.74) is 2.35. The molecule has 0 amide bonds. The zero-order valence-corrected chi connectivity index (χ0v) is 17.0. The number of alkyl halides is 3. The molecule has 0 spiro atoms. The molecule has 0 saturated carbocycles. The number of halogens is 3. The molecule has 0 aliphatic carbocycles. The van der Waals surface area contributed by atoms with Crippen LogP contribution in [-0.2, 0) is 6.42 Å². The van der Waals surface area contributed by atoms with Gasteiger partial charge in [0.05, 0.1) is 12.0 Å². The summed E-state index contributed by atoms with van der Waals surface area (Å²) in [6.45, 7) is 11.9. The lowest BCUT2D eigenvalue weighted by Gasteiger charge is -2.27. The fourth-order valence-corrected chi connectivity index (χ4v) is 2.86.